The van der Waals surface area contributed by atoms with Crippen LogP contribution in [0.2, 0.25) is 5.02 Å². The first kappa shape index (κ1) is 18.3. The van der Waals surface area contributed by atoms with E-state index in [0.717, 1.165) is 35.0 Å². The zero-order valence-corrected chi connectivity index (χ0v) is 15.9. The molecule has 4 rings (SSSR count). The molecule has 28 heavy (non-hydrogen) atoms. The van der Waals surface area contributed by atoms with Gasteiger partial charge in [0.25, 0.3) is 5.91 Å². The number of hydrogen-bond acceptors (Lipinski definition) is 4. The van der Waals surface area contributed by atoms with Crippen LogP contribution in [0.1, 0.15) is 36.0 Å². The first-order valence-electron chi connectivity index (χ1n) is 9.13. The standard InChI is InChI=1S/C22H18ClN3O2/c23-15-10-8-14(9-11-15)21-13-19(18-6-1-2-7-20(18)24-21)22(28)26-25-16-4-3-5-17(27)12-16/h1-2,6-11,13H,3-5,12H2,(H,26,28)/b25-16-. The van der Waals surface area contributed by atoms with E-state index in [0.29, 0.717) is 29.1 Å². The molecule has 1 aliphatic carbocycles. The van der Waals surface area contributed by atoms with Crippen LogP contribution in [0.25, 0.3) is 22.2 Å². The number of hydrazone groups is 1. The summed E-state index contributed by atoms with van der Waals surface area (Å²) in [6, 6.07) is 16.6. The molecular formula is C22H18ClN3O2. The topological polar surface area (TPSA) is 71.4 Å². The summed E-state index contributed by atoms with van der Waals surface area (Å²) >= 11 is 5.98. The maximum atomic E-state index is 12.9. The fourth-order valence-corrected chi connectivity index (χ4v) is 3.44. The highest BCUT2D eigenvalue weighted by Gasteiger charge is 2.17. The van der Waals surface area contributed by atoms with E-state index in [9.17, 15) is 9.59 Å². The maximum absolute atomic E-state index is 12.9. The van der Waals surface area contributed by atoms with Crippen LogP contribution in [-0.2, 0) is 4.79 Å². The molecule has 0 radical (unpaired) electrons. The molecule has 6 heteroatoms. The van der Waals surface area contributed by atoms with Crippen LogP contribution in [-0.4, -0.2) is 22.4 Å². The van der Waals surface area contributed by atoms with Gasteiger partial charge in [-0.1, -0.05) is 41.9 Å². The lowest BCUT2D eigenvalue weighted by atomic mass is 9.97. The molecule has 1 N–H and O–H groups in total. The summed E-state index contributed by atoms with van der Waals surface area (Å²) in [5, 5.41) is 5.58. The lowest BCUT2D eigenvalue weighted by Gasteiger charge is -2.12. The highest BCUT2D eigenvalue weighted by atomic mass is 35.5. The Labute approximate surface area is 167 Å². The Morgan fingerprint density at radius 1 is 1.07 bits per heavy atom. The molecular weight excluding hydrogens is 374 g/mol. The second-order valence-electron chi connectivity index (χ2n) is 6.77. The lowest BCUT2D eigenvalue weighted by Crippen LogP contribution is -2.23. The number of Topliss-reactive ketones (excluding diaryl/α,β-unsaturated/α-hetero) is 1. The number of nitrogens with one attached hydrogen (secondary N) is 1. The van der Waals surface area contributed by atoms with Crippen molar-refractivity contribution in [3.63, 3.8) is 0 Å². The first-order chi connectivity index (χ1) is 13.6. The summed E-state index contributed by atoms with van der Waals surface area (Å²) in [6.07, 6.45) is 2.42. The molecule has 0 saturated heterocycles. The van der Waals surface area contributed by atoms with Crippen molar-refractivity contribution < 1.29 is 9.59 Å². The summed E-state index contributed by atoms with van der Waals surface area (Å²) in [5.41, 5.74) is 6.10. The molecule has 1 fully saturated rings. The minimum absolute atomic E-state index is 0.165. The number of nitrogens with zero attached hydrogens (tertiary/aromatic N) is 2. The molecule has 0 bridgehead atoms. The third-order valence-electron chi connectivity index (χ3n) is 4.74. The third-order valence-corrected chi connectivity index (χ3v) is 4.99. The van der Waals surface area contributed by atoms with Gasteiger partial charge in [0.15, 0.2) is 0 Å². The lowest BCUT2D eigenvalue weighted by molar-refractivity contribution is -0.118. The van der Waals surface area contributed by atoms with Gasteiger partial charge in [-0.2, -0.15) is 5.10 Å². The largest absolute Gasteiger partial charge is 0.299 e. The Morgan fingerprint density at radius 2 is 1.86 bits per heavy atom. The predicted molar refractivity (Wildman–Crippen MR) is 111 cm³/mol. The zero-order chi connectivity index (χ0) is 19.5. The SMILES string of the molecule is O=C1CCC/C(=N/NC(=O)c2cc(-c3ccc(Cl)cc3)nc3ccccc23)C1. The number of rotatable bonds is 3. The van der Waals surface area contributed by atoms with Crippen LogP contribution >= 0.6 is 11.6 Å². The van der Waals surface area contributed by atoms with Crippen molar-refractivity contribution in [1.29, 1.82) is 0 Å². The zero-order valence-electron chi connectivity index (χ0n) is 15.1. The molecule has 0 unspecified atom stereocenters. The number of carbonyl (C=O) groups excluding carboxylic acids is 2. The van der Waals surface area contributed by atoms with Crippen LogP contribution in [0.15, 0.2) is 59.7 Å². The monoisotopic (exact) mass is 391 g/mol. The maximum Gasteiger partial charge on any atom is 0.272 e. The molecule has 0 aliphatic heterocycles. The average Bonchev–Trinajstić information content (AvgIpc) is 2.72. The minimum atomic E-state index is -0.320. The number of hydrogen-bond donors (Lipinski definition) is 1. The summed E-state index contributed by atoms with van der Waals surface area (Å²) in [6.45, 7) is 0. The van der Waals surface area contributed by atoms with Gasteiger partial charge in [0.1, 0.15) is 5.78 Å². The Hall–Kier alpha value is -3.05. The number of aromatic nitrogens is 1. The molecule has 1 heterocycles. The minimum Gasteiger partial charge on any atom is -0.299 e. The normalized spacial score (nSPS) is 15.8. The van der Waals surface area contributed by atoms with Gasteiger partial charge in [0.2, 0.25) is 0 Å². The molecule has 0 atom stereocenters. The average molecular weight is 392 g/mol. The van der Waals surface area contributed by atoms with Gasteiger partial charge in [-0.15, -0.1) is 0 Å². The van der Waals surface area contributed by atoms with Crippen molar-refractivity contribution >= 4 is 39.9 Å². The van der Waals surface area contributed by atoms with E-state index >= 15 is 0 Å². The van der Waals surface area contributed by atoms with Crippen molar-refractivity contribution in [1.82, 2.24) is 10.4 Å². The molecule has 1 aliphatic rings. The van der Waals surface area contributed by atoms with Crippen LogP contribution in [0, 0.1) is 0 Å². The summed E-state index contributed by atoms with van der Waals surface area (Å²) in [5.74, 6) is -0.155. The van der Waals surface area contributed by atoms with E-state index in [1.54, 1.807) is 18.2 Å². The number of halogens is 1. The Kier molecular flexibility index (Phi) is 5.17. The number of para-hydroxylation sites is 1. The van der Waals surface area contributed by atoms with Crippen LogP contribution in [0.3, 0.4) is 0 Å². The van der Waals surface area contributed by atoms with Gasteiger partial charge in [-0.25, -0.2) is 10.4 Å². The Bertz CT molecular complexity index is 1090. The van der Waals surface area contributed by atoms with Gasteiger partial charge in [0.05, 0.1) is 16.8 Å². The fraction of sp³-hybridized carbons (Fsp3) is 0.182. The second-order valence-corrected chi connectivity index (χ2v) is 7.20. The van der Waals surface area contributed by atoms with Crippen LogP contribution in [0.5, 0.6) is 0 Å². The van der Waals surface area contributed by atoms with E-state index in [1.165, 1.54) is 0 Å². The third kappa shape index (κ3) is 3.94. The number of amides is 1. The molecule has 1 aromatic heterocycles. The quantitative estimate of drug-likeness (QED) is 0.653. The van der Waals surface area contributed by atoms with E-state index in [1.807, 2.05) is 36.4 Å². The number of carbonyl (C=O) groups is 2. The van der Waals surface area contributed by atoms with Gasteiger partial charge < -0.3 is 0 Å². The van der Waals surface area contributed by atoms with E-state index in [4.69, 9.17) is 11.6 Å². The predicted octanol–water partition coefficient (Wildman–Crippen LogP) is 4.78. The molecule has 3 aromatic rings. The highest BCUT2D eigenvalue weighted by molar-refractivity contribution is 6.30. The van der Waals surface area contributed by atoms with Crippen molar-refractivity contribution in [2.45, 2.75) is 25.7 Å². The Morgan fingerprint density at radius 3 is 2.64 bits per heavy atom. The summed E-state index contributed by atoms with van der Waals surface area (Å²) in [4.78, 5) is 29.1. The van der Waals surface area contributed by atoms with Crippen LogP contribution in [0.4, 0.5) is 0 Å². The molecule has 140 valence electrons. The van der Waals surface area contributed by atoms with E-state index in [2.05, 4.69) is 15.5 Å². The molecule has 5 nitrogen and oxygen atoms in total. The van der Waals surface area contributed by atoms with Crippen molar-refractivity contribution in [2.75, 3.05) is 0 Å². The van der Waals surface area contributed by atoms with Gasteiger partial charge in [-0.3, -0.25) is 9.59 Å². The van der Waals surface area contributed by atoms with Gasteiger partial charge >= 0.3 is 0 Å². The molecule has 2 aromatic carbocycles. The van der Waals surface area contributed by atoms with Crippen LogP contribution < -0.4 is 5.43 Å². The van der Waals surface area contributed by atoms with Gasteiger partial charge in [0, 0.05) is 34.5 Å². The second kappa shape index (κ2) is 7.90. The van der Waals surface area contributed by atoms with Crippen molar-refractivity contribution in [2.24, 2.45) is 5.10 Å². The smallest absolute Gasteiger partial charge is 0.272 e. The molecule has 1 saturated carbocycles. The number of benzene rings is 2. The van der Waals surface area contributed by atoms with Crippen molar-refractivity contribution in [3.8, 4) is 11.3 Å². The fourth-order valence-electron chi connectivity index (χ4n) is 3.31. The number of fused-ring (bicyclic) bond motifs is 1. The summed E-state index contributed by atoms with van der Waals surface area (Å²) < 4.78 is 0. The highest BCUT2D eigenvalue weighted by Crippen LogP contribution is 2.26. The van der Waals surface area contributed by atoms with Crippen molar-refractivity contribution in [3.05, 3.63) is 65.2 Å². The molecule has 1 amide bonds. The van der Waals surface area contributed by atoms with Gasteiger partial charge in [-0.05, 0) is 37.1 Å². The number of pyridine rings is 1. The first-order valence-corrected chi connectivity index (χ1v) is 9.51. The molecule has 0 spiro atoms. The van der Waals surface area contributed by atoms with E-state index < -0.39 is 0 Å². The Balaban J connectivity index is 1.70. The van der Waals surface area contributed by atoms with E-state index in [-0.39, 0.29) is 11.7 Å². The summed E-state index contributed by atoms with van der Waals surface area (Å²) in [7, 11) is 0. The number of ketones is 1.